The van der Waals surface area contributed by atoms with Crippen LogP contribution >= 0.6 is 23.8 Å². The fourth-order valence-electron chi connectivity index (χ4n) is 1.76. The second-order valence-electron chi connectivity index (χ2n) is 4.64. The summed E-state index contributed by atoms with van der Waals surface area (Å²) >= 11 is 11.3. The lowest BCUT2D eigenvalue weighted by Crippen LogP contribution is -2.14. The van der Waals surface area contributed by atoms with E-state index in [9.17, 15) is 0 Å². The molecule has 0 aliphatic carbocycles. The first-order valence-corrected chi connectivity index (χ1v) is 7.19. The van der Waals surface area contributed by atoms with E-state index >= 15 is 0 Å². The molecule has 0 saturated carbocycles. The summed E-state index contributed by atoms with van der Waals surface area (Å²) in [6.45, 7) is 4.39. The van der Waals surface area contributed by atoms with Gasteiger partial charge in [-0.05, 0) is 43.8 Å². The van der Waals surface area contributed by atoms with Crippen LogP contribution in [0.2, 0.25) is 5.02 Å². The monoisotopic (exact) mass is 328 g/mol. The number of nitrogens with zero attached hydrogens (tertiary/aromatic N) is 2. The maximum atomic E-state index is 6.27. The molecule has 0 spiro atoms. The standard InChI is InChI=1S/C13H17ClN4O2S/c1-8(2)20-12-10(14)4-9(5-11(12)19-3)6-16-18-7-15-17-13(18)21/h4-5,7-8,16H,6H2,1-3H3,(H,17,21). The number of methoxy groups -OCH3 is 1. The van der Waals surface area contributed by atoms with Crippen molar-refractivity contribution >= 4 is 23.8 Å². The zero-order valence-corrected chi connectivity index (χ0v) is 13.6. The molecule has 0 radical (unpaired) electrons. The van der Waals surface area contributed by atoms with Gasteiger partial charge in [-0.25, -0.2) is 4.68 Å². The van der Waals surface area contributed by atoms with Gasteiger partial charge in [0.1, 0.15) is 6.33 Å². The normalized spacial score (nSPS) is 10.7. The molecule has 114 valence electrons. The largest absolute Gasteiger partial charge is 0.493 e. The van der Waals surface area contributed by atoms with Crippen LogP contribution in [0.4, 0.5) is 0 Å². The Hall–Kier alpha value is -1.73. The molecule has 0 atom stereocenters. The number of benzene rings is 1. The fourth-order valence-corrected chi connectivity index (χ4v) is 2.20. The van der Waals surface area contributed by atoms with Crippen molar-refractivity contribution in [3.05, 3.63) is 33.8 Å². The van der Waals surface area contributed by atoms with Crippen molar-refractivity contribution in [2.75, 3.05) is 12.5 Å². The molecule has 1 aromatic heterocycles. The lowest BCUT2D eigenvalue weighted by molar-refractivity contribution is 0.230. The summed E-state index contributed by atoms with van der Waals surface area (Å²) in [6, 6.07) is 3.71. The zero-order chi connectivity index (χ0) is 15.4. The summed E-state index contributed by atoms with van der Waals surface area (Å²) in [5, 5.41) is 7.01. The van der Waals surface area contributed by atoms with Crippen LogP contribution in [0, 0.1) is 4.77 Å². The number of rotatable bonds is 6. The number of nitrogens with one attached hydrogen (secondary N) is 2. The average molecular weight is 329 g/mol. The molecule has 1 heterocycles. The molecular formula is C13H17ClN4O2S. The summed E-state index contributed by atoms with van der Waals surface area (Å²) in [5.74, 6) is 1.15. The topological polar surface area (TPSA) is 64.1 Å². The molecule has 2 N–H and O–H groups in total. The Bertz CT molecular complexity index is 668. The van der Waals surface area contributed by atoms with Crippen LogP contribution in [0.25, 0.3) is 0 Å². The van der Waals surface area contributed by atoms with E-state index in [1.165, 1.54) is 0 Å². The van der Waals surface area contributed by atoms with E-state index in [1.54, 1.807) is 18.1 Å². The second kappa shape index (κ2) is 6.82. The van der Waals surface area contributed by atoms with Crippen molar-refractivity contribution in [3.8, 4) is 11.5 Å². The van der Waals surface area contributed by atoms with Gasteiger partial charge >= 0.3 is 0 Å². The highest BCUT2D eigenvalue weighted by Crippen LogP contribution is 2.37. The van der Waals surface area contributed by atoms with Crippen LogP contribution in [0.15, 0.2) is 18.5 Å². The van der Waals surface area contributed by atoms with Gasteiger partial charge in [-0.1, -0.05) is 11.6 Å². The Kier molecular flexibility index (Phi) is 5.08. The Labute approximate surface area is 133 Å². The van der Waals surface area contributed by atoms with Crippen LogP contribution in [0.3, 0.4) is 0 Å². The Morgan fingerprint density at radius 1 is 1.48 bits per heavy atom. The maximum Gasteiger partial charge on any atom is 0.214 e. The van der Waals surface area contributed by atoms with Crippen molar-refractivity contribution in [2.45, 2.75) is 26.5 Å². The van der Waals surface area contributed by atoms with Gasteiger partial charge in [0, 0.05) is 0 Å². The van der Waals surface area contributed by atoms with E-state index < -0.39 is 0 Å². The smallest absolute Gasteiger partial charge is 0.214 e. The third kappa shape index (κ3) is 3.89. The highest BCUT2D eigenvalue weighted by molar-refractivity contribution is 7.71. The summed E-state index contributed by atoms with van der Waals surface area (Å²) in [6.07, 6.45) is 1.59. The van der Waals surface area contributed by atoms with Crippen molar-refractivity contribution in [1.82, 2.24) is 14.9 Å². The van der Waals surface area contributed by atoms with E-state index in [1.807, 2.05) is 26.0 Å². The third-order valence-electron chi connectivity index (χ3n) is 2.65. The number of ether oxygens (including phenoxy) is 2. The zero-order valence-electron chi connectivity index (χ0n) is 12.0. The van der Waals surface area contributed by atoms with Crippen LogP contribution < -0.4 is 14.9 Å². The summed E-state index contributed by atoms with van der Waals surface area (Å²) in [4.78, 5) is 0. The van der Waals surface area contributed by atoms with Crippen LogP contribution in [0.1, 0.15) is 19.4 Å². The molecule has 0 unspecified atom stereocenters. The molecular weight excluding hydrogens is 312 g/mol. The quantitative estimate of drug-likeness (QED) is 0.798. The van der Waals surface area contributed by atoms with Gasteiger partial charge in [0.15, 0.2) is 11.5 Å². The Morgan fingerprint density at radius 3 is 2.81 bits per heavy atom. The summed E-state index contributed by atoms with van der Waals surface area (Å²) in [7, 11) is 1.59. The number of halogens is 1. The molecule has 2 aromatic rings. The SMILES string of the molecule is COc1cc(CNn2cn[nH]c2=S)cc(Cl)c1OC(C)C. The molecule has 0 saturated heterocycles. The highest BCUT2D eigenvalue weighted by atomic mass is 35.5. The van der Waals surface area contributed by atoms with Gasteiger partial charge in [-0.2, -0.15) is 5.10 Å². The van der Waals surface area contributed by atoms with Gasteiger partial charge in [0.05, 0.1) is 24.8 Å². The van der Waals surface area contributed by atoms with Gasteiger partial charge in [-0.15, -0.1) is 0 Å². The van der Waals surface area contributed by atoms with Crippen LogP contribution in [-0.4, -0.2) is 28.1 Å². The molecule has 0 aliphatic heterocycles. The van der Waals surface area contributed by atoms with E-state index in [0.29, 0.717) is 27.8 Å². The van der Waals surface area contributed by atoms with Gasteiger partial charge in [0.2, 0.25) is 4.77 Å². The Balaban J connectivity index is 2.19. The molecule has 0 amide bonds. The first-order valence-electron chi connectivity index (χ1n) is 6.40. The van der Waals surface area contributed by atoms with Gasteiger partial charge in [-0.3, -0.25) is 5.10 Å². The van der Waals surface area contributed by atoms with E-state index in [2.05, 4.69) is 15.6 Å². The molecule has 21 heavy (non-hydrogen) atoms. The van der Waals surface area contributed by atoms with E-state index in [-0.39, 0.29) is 6.10 Å². The van der Waals surface area contributed by atoms with Crippen molar-refractivity contribution in [1.29, 1.82) is 0 Å². The fraction of sp³-hybridized carbons (Fsp3) is 0.385. The minimum Gasteiger partial charge on any atom is -0.493 e. The first-order chi connectivity index (χ1) is 10.0. The second-order valence-corrected chi connectivity index (χ2v) is 5.44. The van der Waals surface area contributed by atoms with E-state index in [0.717, 1.165) is 5.56 Å². The van der Waals surface area contributed by atoms with Crippen molar-refractivity contribution < 1.29 is 9.47 Å². The average Bonchev–Trinajstić information content (AvgIpc) is 2.84. The lowest BCUT2D eigenvalue weighted by atomic mass is 10.2. The summed E-state index contributed by atoms with van der Waals surface area (Å²) < 4.78 is 13.1. The highest BCUT2D eigenvalue weighted by Gasteiger charge is 2.13. The maximum absolute atomic E-state index is 6.27. The van der Waals surface area contributed by atoms with Crippen LogP contribution in [0.5, 0.6) is 11.5 Å². The molecule has 8 heteroatoms. The van der Waals surface area contributed by atoms with E-state index in [4.69, 9.17) is 33.3 Å². The third-order valence-corrected chi connectivity index (χ3v) is 3.22. The first kappa shape index (κ1) is 15.7. The number of hydrogen-bond acceptors (Lipinski definition) is 5. The minimum atomic E-state index is 0.0182. The molecule has 1 aromatic carbocycles. The molecule has 0 fully saturated rings. The van der Waals surface area contributed by atoms with Crippen LogP contribution in [-0.2, 0) is 6.54 Å². The minimum absolute atomic E-state index is 0.0182. The number of aromatic amines is 1. The molecule has 2 rings (SSSR count). The van der Waals surface area contributed by atoms with Crippen molar-refractivity contribution in [2.24, 2.45) is 0 Å². The molecule has 0 aliphatic rings. The number of H-pyrrole nitrogens is 1. The van der Waals surface area contributed by atoms with Gasteiger partial charge in [0.25, 0.3) is 0 Å². The lowest BCUT2D eigenvalue weighted by Gasteiger charge is -2.16. The summed E-state index contributed by atoms with van der Waals surface area (Å²) in [5.41, 5.74) is 4.05. The number of aromatic nitrogens is 3. The molecule has 6 nitrogen and oxygen atoms in total. The number of hydrogen-bond donors (Lipinski definition) is 2. The predicted octanol–water partition coefficient (Wildman–Crippen LogP) is 3.13. The van der Waals surface area contributed by atoms with Crippen molar-refractivity contribution in [3.63, 3.8) is 0 Å². The predicted molar refractivity (Wildman–Crippen MR) is 84.2 cm³/mol. The Morgan fingerprint density at radius 2 is 2.24 bits per heavy atom. The van der Waals surface area contributed by atoms with Gasteiger partial charge < -0.3 is 14.9 Å². The molecule has 0 bridgehead atoms.